The fraction of sp³-hybridized carbons (Fsp3) is 0.333. The lowest BCUT2D eigenvalue weighted by atomic mass is 9.94. The Morgan fingerprint density at radius 3 is 2.38 bits per heavy atom. The number of carbonyl (C=O) groups is 2. The quantitative estimate of drug-likeness (QED) is 0.370. The number of aromatic hydroxyl groups is 1. The third-order valence-electron chi connectivity index (χ3n) is 5.43. The van der Waals surface area contributed by atoms with Gasteiger partial charge in [0.2, 0.25) is 0 Å². The lowest BCUT2D eigenvalue weighted by Crippen LogP contribution is -2.32. The number of phenolic OH excluding ortho intramolecular Hbond substituents is 1. The van der Waals surface area contributed by atoms with Crippen molar-refractivity contribution in [3.63, 3.8) is 0 Å². The number of likely N-dealkylation sites (tertiary alicyclic amines) is 1. The number of nitrogens with zero attached hydrogens (tertiary/aromatic N) is 2. The van der Waals surface area contributed by atoms with Crippen molar-refractivity contribution in [1.82, 2.24) is 9.80 Å². The highest BCUT2D eigenvalue weighted by molar-refractivity contribution is 6.46. The molecule has 1 saturated heterocycles. The van der Waals surface area contributed by atoms with E-state index in [0.717, 1.165) is 6.54 Å². The molecule has 2 aromatic rings. The number of rotatable bonds is 8. The van der Waals surface area contributed by atoms with Crippen LogP contribution in [-0.2, 0) is 9.59 Å². The van der Waals surface area contributed by atoms with E-state index in [1.54, 1.807) is 36.4 Å². The van der Waals surface area contributed by atoms with E-state index in [4.69, 9.17) is 9.47 Å². The maximum Gasteiger partial charge on any atom is 0.295 e. The van der Waals surface area contributed by atoms with Gasteiger partial charge in [-0.05, 0) is 56.9 Å². The Labute approximate surface area is 187 Å². The number of amides is 1. The van der Waals surface area contributed by atoms with Crippen LogP contribution in [0.3, 0.4) is 0 Å². The summed E-state index contributed by atoms with van der Waals surface area (Å²) in [5.41, 5.74) is 0.752. The molecular weight excluding hydrogens is 412 g/mol. The minimum Gasteiger partial charge on any atom is -0.507 e. The summed E-state index contributed by atoms with van der Waals surface area (Å²) in [5, 5.41) is 21.5. The molecule has 8 nitrogen and oxygen atoms in total. The van der Waals surface area contributed by atoms with E-state index < -0.39 is 17.7 Å². The number of hydrogen-bond acceptors (Lipinski definition) is 7. The number of Topliss-reactive ketones (excluding diaryl/α,β-unsaturated/α-hetero) is 1. The summed E-state index contributed by atoms with van der Waals surface area (Å²) in [7, 11) is 6.75. The van der Waals surface area contributed by atoms with E-state index in [0.29, 0.717) is 29.8 Å². The molecule has 2 N–H and O–H groups in total. The average Bonchev–Trinajstić information content (AvgIpc) is 3.03. The number of methoxy groups -OCH3 is 2. The van der Waals surface area contributed by atoms with Gasteiger partial charge in [0.1, 0.15) is 11.5 Å². The molecule has 1 fully saturated rings. The lowest BCUT2D eigenvalue weighted by Gasteiger charge is -2.26. The summed E-state index contributed by atoms with van der Waals surface area (Å²) in [5.74, 6) is -1.28. The number of para-hydroxylation sites is 1. The van der Waals surface area contributed by atoms with Gasteiger partial charge in [-0.2, -0.15) is 0 Å². The molecule has 1 aliphatic rings. The van der Waals surface area contributed by atoms with E-state index in [2.05, 4.69) is 0 Å². The van der Waals surface area contributed by atoms with Gasteiger partial charge in [-0.1, -0.05) is 18.2 Å². The normalized spacial score (nSPS) is 17.8. The third-order valence-corrected chi connectivity index (χ3v) is 5.43. The van der Waals surface area contributed by atoms with Crippen LogP contribution in [0, 0.1) is 0 Å². The second kappa shape index (κ2) is 9.74. The van der Waals surface area contributed by atoms with Crippen molar-refractivity contribution in [2.75, 3.05) is 41.4 Å². The van der Waals surface area contributed by atoms with Crippen molar-refractivity contribution in [2.24, 2.45) is 0 Å². The first kappa shape index (κ1) is 23.1. The molecular formula is C24H28N2O6. The van der Waals surface area contributed by atoms with Crippen LogP contribution in [0.25, 0.3) is 5.76 Å². The predicted octanol–water partition coefficient (Wildman–Crippen LogP) is 2.78. The summed E-state index contributed by atoms with van der Waals surface area (Å²) in [4.78, 5) is 29.5. The third kappa shape index (κ3) is 4.40. The van der Waals surface area contributed by atoms with E-state index in [9.17, 15) is 19.8 Å². The summed E-state index contributed by atoms with van der Waals surface area (Å²) in [6.45, 7) is 1.03. The highest BCUT2D eigenvalue weighted by Gasteiger charge is 2.46. The minimum absolute atomic E-state index is 0.0473. The SMILES string of the molecule is COc1ccc(C2/C(=C(/O)c3ccccc3OC)C(=O)C(=O)N2CCCN(C)C)cc1O. The van der Waals surface area contributed by atoms with Crippen LogP contribution in [0.5, 0.6) is 17.2 Å². The molecule has 1 unspecified atom stereocenters. The van der Waals surface area contributed by atoms with Crippen molar-refractivity contribution < 1.29 is 29.3 Å². The first-order valence-corrected chi connectivity index (χ1v) is 10.2. The summed E-state index contributed by atoms with van der Waals surface area (Å²) < 4.78 is 10.4. The second-order valence-corrected chi connectivity index (χ2v) is 7.78. The maximum absolute atomic E-state index is 13.1. The molecule has 1 heterocycles. The molecule has 8 heteroatoms. The molecule has 0 aromatic heterocycles. The van der Waals surface area contributed by atoms with Gasteiger partial charge in [-0.15, -0.1) is 0 Å². The maximum atomic E-state index is 13.1. The Morgan fingerprint density at radius 1 is 1.06 bits per heavy atom. The average molecular weight is 440 g/mol. The lowest BCUT2D eigenvalue weighted by molar-refractivity contribution is -0.139. The Hall–Kier alpha value is -3.52. The Balaban J connectivity index is 2.16. The van der Waals surface area contributed by atoms with E-state index >= 15 is 0 Å². The van der Waals surface area contributed by atoms with Gasteiger partial charge in [0.25, 0.3) is 11.7 Å². The molecule has 2 aromatic carbocycles. The predicted molar refractivity (Wildman–Crippen MR) is 120 cm³/mol. The zero-order chi connectivity index (χ0) is 23.4. The first-order chi connectivity index (χ1) is 15.3. The molecule has 170 valence electrons. The number of benzene rings is 2. The number of aliphatic hydroxyl groups is 1. The fourth-order valence-electron chi connectivity index (χ4n) is 3.88. The largest absolute Gasteiger partial charge is 0.507 e. The Kier molecular flexibility index (Phi) is 7.05. The van der Waals surface area contributed by atoms with Crippen LogP contribution in [-0.4, -0.2) is 73.1 Å². The monoisotopic (exact) mass is 440 g/mol. The van der Waals surface area contributed by atoms with Crippen LogP contribution < -0.4 is 9.47 Å². The summed E-state index contributed by atoms with van der Waals surface area (Å²) in [6.07, 6.45) is 0.632. The van der Waals surface area contributed by atoms with E-state index in [1.807, 2.05) is 19.0 Å². The number of phenols is 1. The van der Waals surface area contributed by atoms with Gasteiger partial charge < -0.3 is 29.5 Å². The van der Waals surface area contributed by atoms with Gasteiger partial charge in [0.15, 0.2) is 11.5 Å². The summed E-state index contributed by atoms with van der Waals surface area (Å²) in [6, 6.07) is 10.6. The van der Waals surface area contributed by atoms with Crippen LogP contribution >= 0.6 is 0 Å². The molecule has 1 atom stereocenters. The first-order valence-electron chi connectivity index (χ1n) is 10.2. The molecule has 3 rings (SSSR count). The van der Waals surface area contributed by atoms with Crippen molar-refractivity contribution in [3.05, 3.63) is 59.2 Å². The number of carbonyl (C=O) groups excluding carboxylic acids is 2. The number of ketones is 1. The van der Waals surface area contributed by atoms with Gasteiger partial charge in [0.05, 0.1) is 31.4 Å². The zero-order valence-electron chi connectivity index (χ0n) is 18.7. The van der Waals surface area contributed by atoms with Crippen molar-refractivity contribution >= 4 is 17.4 Å². The second-order valence-electron chi connectivity index (χ2n) is 7.78. The molecule has 0 bridgehead atoms. The molecule has 32 heavy (non-hydrogen) atoms. The van der Waals surface area contributed by atoms with Gasteiger partial charge in [0, 0.05) is 6.54 Å². The van der Waals surface area contributed by atoms with Crippen LogP contribution in [0.2, 0.25) is 0 Å². The molecule has 0 radical (unpaired) electrons. The smallest absolute Gasteiger partial charge is 0.295 e. The number of ether oxygens (including phenoxy) is 2. The highest BCUT2D eigenvalue weighted by Crippen LogP contribution is 2.42. The Morgan fingerprint density at radius 2 is 1.75 bits per heavy atom. The number of aliphatic hydroxyl groups excluding tert-OH is 1. The van der Waals surface area contributed by atoms with Gasteiger partial charge >= 0.3 is 0 Å². The van der Waals surface area contributed by atoms with Crippen molar-refractivity contribution in [2.45, 2.75) is 12.5 Å². The van der Waals surface area contributed by atoms with Crippen molar-refractivity contribution in [3.8, 4) is 17.2 Å². The van der Waals surface area contributed by atoms with E-state index in [-0.39, 0.29) is 22.8 Å². The minimum atomic E-state index is -0.862. The van der Waals surface area contributed by atoms with Crippen LogP contribution in [0.15, 0.2) is 48.0 Å². The number of hydrogen-bond donors (Lipinski definition) is 2. The molecule has 1 aliphatic heterocycles. The molecule has 1 amide bonds. The van der Waals surface area contributed by atoms with Crippen LogP contribution in [0.4, 0.5) is 0 Å². The van der Waals surface area contributed by atoms with Crippen molar-refractivity contribution in [1.29, 1.82) is 0 Å². The van der Waals surface area contributed by atoms with Crippen LogP contribution in [0.1, 0.15) is 23.6 Å². The Bertz CT molecular complexity index is 1050. The molecule has 0 saturated carbocycles. The fourth-order valence-corrected chi connectivity index (χ4v) is 3.88. The summed E-state index contributed by atoms with van der Waals surface area (Å²) >= 11 is 0. The van der Waals surface area contributed by atoms with E-state index in [1.165, 1.54) is 25.2 Å². The zero-order valence-corrected chi connectivity index (χ0v) is 18.7. The highest BCUT2D eigenvalue weighted by atomic mass is 16.5. The standard InChI is InChI=1S/C24H28N2O6/c1-25(2)12-7-13-26-21(15-10-11-19(32-4)17(27)14-15)20(23(29)24(26)30)22(28)16-8-5-6-9-18(16)31-3/h5-6,8-11,14,21,27-28H,7,12-13H2,1-4H3/b22-20-. The van der Waals surface area contributed by atoms with Gasteiger partial charge in [-0.3, -0.25) is 9.59 Å². The topological polar surface area (TPSA) is 99.5 Å². The molecule has 0 spiro atoms. The molecule has 0 aliphatic carbocycles. The van der Waals surface area contributed by atoms with Gasteiger partial charge in [-0.25, -0.2) is 0 Å².